The highest BCUT2D eigenvalue weighted by Crippen LogP contribution is 2.49. The lowest BCUT2D eigenvalue weighted by atomic mass is 9.74. The third kappa shape index (κ3) is 4.16. The number of carbonyl (C=O) groups is 1. The molecule has 0 N–H and O–H groups in total. The number of benzene rings is 3. The van der Waals surface area contributed by atoms with Crippen molar-refractivity contribution < 1.29 is 9.53 Å². The van der Waals surface area contributed by atoms with Gasteiger partial charge in [0.05, 0.1) is 11.6 Å². The van der Waals surface area contributed by atoms with Crippen LogP contribution in [0, 0.1) is 6.92 Å². The predicted octanol–water partition coefficient (Wildman–Crippen LogP) is 6.15. The van der Waals surface area contributed by atoms with Gasteiger partial charge in [0.15, 0.2) is 0 Å². The van der Waals surface area contributed by atoms with Gasteiger partial charge in [-0.25, -0.2) is 0 Å². The molecule has 4 aliphatic heterocycles. The summed E-state index contributed by atoms with van der Waals surface area (Å²) < 4.78 is 6.21. The average molecular weight is 538 g/mol. The fourth-order valence-electron chi connectivity index (χ4n) is 6.93. The van der Waals surface area contributed by atoms with Crippen LogP contribution < -0.4 is 14.5 Å². The number of anilines is 2. The third-order valence-electron chi connectivity index (χ3n) is 9.38. The van der Waals surface area contributed by atoms with E-state index in [2.05, 4.69) is 66.2 Å². The summed E-state index contributed by atoms with van der Waals surface area (Å²) in [4.78, 5) is 21.5. The molecule has 0 bridgehead atoms. The van der Waals surface area contributed by atoms with Crippen molar-refractivity contribution in [3.63, 3.8) is 0 Å². The van der Waals surface area contributed by atoms with Gasteiger partial charge in [-0.3, -0.25) is 4.79 Å². The number of carbonyl (C=O) groups excluding carboxylic acids is 1. The molecule has 3 aromatic rings. The maximum Gasteiger partial charge on any atom is 0.258 e. The van der Waals surface area contributed by atoms with Crippen LogP contribution in [0.1, 0.15) is 52.7 Å². The van der Waals surface area contributed by atoms with Crippen molar-refractivity contribution in [1.29, 1.82) is 0 Å². The number of hydrogen-bond donors (Lipinski definition) is 0. The molecule has 7 rings (SSSR count). The number of hydrogen-bond acceptors (Lipinski definition) is 4. The molecule has 4 heterocycles. The number of amides is 1. The van der Waals surface area contributed by atoms with Crippen LogP contribution in [0.5, 0.6) is 5.75 Å². The fraction of sp³-hybridized carbons (Fsp3) is 0.394. The minimum atomic E-state index is 0.0811. The second-order valence-corrected chi connectivity index (χ2v) is 12.3. The fourth-order valence-corrected chi connectivity index (χ4v) is 7.27. The molecule has 0 aromatic heterocycles. The van der Waals surface area contributed by atoms with E-state index < -0.39 is 0 Å². The van der Waals surface area contributed by atoms with Crippen molar-refractivity contribution >= 4 is 34.5 Å². The minimum Gasteiger partial charge on any atom is -0.492 e. The molecule has 3 aromatic carbocycles. The first-order valence-electron chi connectivity index (χ1n) is 14.2. The SMILES string of the molecule is Cc1cc(C(=O)N2CCc3cc4c(cc32)C2(CCN(C)CC2)CO4)ccc1-c1ccc(N2CCCC2=S)cc1. The molecule has 5 nitrogen and oxygen atoms in total. The standard InChI is InChI=1S/C33H35N3O2S/c1-22-18-25(7-10-27(22)23-5-8-26(9-6-23)35-14-3-4-31(35)39)32(37)36-15-11-24-19-30-28(20-29(24)36)33(21-38-30)12-16-34(2)17-13-33/h5-10,18-20H,3-4,11-17,21H2,1-2H3. The summed E-state index contributed by atoms with van der Waals surface area (Å²) in [6.07, 6.45) is 5.22. The van der Waals surface area contributed by atoms with Crippen LogP contribution in [0.2, 0.25) is 0 Å². The molecule has 0 atom stereocenters. The Hall–Kier alpha value is -3.22. The van der Waals surface area contributed by atoms with Gasteiger partial charge in [-0.15, -0.1) is 0 Å². The summed E-state index contributed by atoms with van der Waals surface area (Å²) >= 11 is 5.52. The number of rotatable bonds is 3. The summed E-state index contributed by atoms with van der Waals surface area (Å²) in [5, 5.41) is 0. The molecule has 1 amide bonds. The Labute approximate surface area is 236 Å². The minimum absolute atomic E-state index is 0.0811. The molecule has 0 aliphatic carbocycles. The van der Waals surface area contributed by atoms with Gasteiger partial charge in [0, 0.05) is 41.0 Å². The van der Waals surface area contributed by atoms with Crippen molar-refractivity contribution in [1.82, 2.24) is 4.90 Å². The normalized spacial score (nSPS) is 19.9. The van der Waals surface area contributed by atoms with Gasteiger partial charge in [0.25, 0.3) is 5.91 Å². The second kappa shape index (κ2) is 9.46. The lowest BCUT2D eigenvalue weighted by molar-refractivity contribution is 0.0989. The molecule has 39 heavy (non-hydrogen) atoms. The quantitative estimate of drug-likeness (QED) is 0.375. The Kier molecular flexibility index (Phi) is 6.01. The maximum absolute atomic E-state index is 13.8. The van der Waals surface area contributed by atoms with Gasteiger partial charge in [0.2, 0.25) is 0 Å². The molecule has 2 saturated heterocycles. The van der Waals surface area contributed by atoms with Crippen LogP contribution >= 0.6 is 12.2 Å². The first-order chi connectivity index (χ1) is 18.9. The van der Waals surface area contributed by atoms with E-state index in [1.54, 1.807) is 0 Å². The predicted molar refractivity (Wildman–Crippen MR) is 162 cm³/mol. The van der Waals surface area contributed by atoms with Gasteiger partial charge in [0.1, 0.15) is 5.75 Å². The second-order valence-electron chi connectivity index (χ2n) is 11.8. The van der Waals surface area contributed by atoms with Crippen LogP contribution in [0.3, 0.4) is 0 Å². The number of likely N-dealkylation sites (tertiary alicyclic amines) is 1. The first-order valence-corrected chi connectivity index (χ1v) is 14.6. The van der Waals surface area contributed by atoms with E-state index in [9.17, 15) is 4.79 Å². The molecular formula is C33H35N3O2S. The number of piperidine rings is 1. The molecule has 0 radical (unpaired) electrons. The number of aryl methyl sites for hydroxylation is 1. The maximum atomic E-state index is 13.8. The summed E-state index contributed by atoms with van der Waals surface area (Å²) in [6.45, 7) is 6.75. The van der Waals surface area contributed by atoms with E-state index in [1.165, 1.54) is 11.1 Å². The van der Waals surface area contributed by atoms with E-state index in [-0.39, 0.29) is 11.3 Å². The highest BCUT2D eigenvalue weighted by Gasteiger charge is 2.44. The molecule has 2 fully saturated rings. The highest BCUT2D eigenvalue weighted by molar-refractivity contribution is 7.80. The third-order valence-corrected chi connectivity index (χ3v) is 9.80. The van der Waals surface area contributed by atoms with Crippen molar-refractivity contribution in [2.45, 2.75) is 44.4 Å². The van der Waals surface area contributed by atoms with Crippen LogP contribution in [-0.2, 0) is 11.8 Å². The Balaban J connectivity index is 1.14. The Bertz CT molecular complexity index is 1470. The molecule has 0 unspecified atom stereocenters. The molecular weight excluding hydrogens is 502 g/mol. The molecule has 1 spiro atoms. The smallest absolute Gasteiger partial charge is 0.258 e. The van der Waals surface area contributed by atoms with E-state index in [0.717, 1.165) is 103 Å². The summed E-state index contributed by atoms with van der Waals surface area (Å²) in [5.74, 6) is 1.11. The summed E-state index contributed by atoms with van der Waals surface area (Å²) in [7, 11) is 2.19. The van der Waals surface area contributed by atoms with Gasteiger partial charge in [-0.1, -0.05) is 30.4 Å². The van der Waals surface area contributed by atoms with Gasteiger partial charge >= 0.3 is 0 Å². The van der Waals surface area contributed by atoms with Crippen LogP contribution in [0.25, 0.3) is 11.1 Å². The Morgan fingerprint density at radius 2 is 1.74 bits per heavy atom. The van der Waals surface area contributed by atoms with Crippen LogP contribution in [-0.4, -0.2) is 55.6 Å². The van der Waals surface area contributed by atoms with Gasteiger partial charge in [-0.2, -0.15) is 0 Å². The van der Waals surface area contributed by atoms with Crippen molar-refractivity contribution in [3.8, 4) is 16.9 Å². The summed E-state index contributed by atoms with van der Waals surface area (Å²) in [6, 6.07) is 19.3. The van der Waals surface area contributed by atoms with E-state index >= 15 is 0 Å². The van der Waals surface area contributed by atoms with Crippen molar-refractivity contribution in [3.05, 3.63) is 76.9 Å². The Morgan fingerprint density at radius 1 is 0.949 bits per heavy atom. The zero-order chi connectivity index (χ0) is 26.7. The first kappa shape index (κ1) is 24.8. The van der Waals surface area contributed by atoms with E-state index in [0.29, 0.717) is 6.54 Å². The topological polar surface area (TPSA) is 36.0 Å². The highest BCUT2D eigenvalue weighted by atomic mass is 32.1. The van der Waals surface area contributed by atoms with E-state index in [4.69, 9.17) is 17.0 Å². The molecule has 4 aliphatic rings. The summed E-state index contributed by atoms with van der Waals surface area (Å²) in [5.41, 5.74) is 9.01. The van der Waals surface area contributed by atoms with Crippen LogP contribution in [0.15, 0.2) is 54.6 Å². The lowest BCUT2D eigenvalue weighted by Crippen LogP contribution is -2.42. The van der Waals surface area contributed by atoms with E-state index in [1.807, 2.05) is 17.0 Å². The average Bonchev–Trinajstić information content (AvgIpc) is 3.66. The van der Waals surface area contributed by atoms with Gasteiger partial charge in [-0.05, 0) is 118 Å². The molecule has 200 valence electrons. The Morgan fingerprint density at radius 3 is 2.46 bits per heavy atom. The van der Waals surface area contributed by atoms with Crippen molar-refractivity contribution in [2.24, 2.45) is 0 Å². The zero-order valence-corrected chi connectivity index (χ0v) is 23.7. The number of thiocarbonyl (C=S) groups is 1. The zero-order valence-electron chi connectivity index (χ0n) is 22.8. The number of ether oxygens (including phenoxy) is 1. The number of fused-ring (bicyclic) bond motifs is 3. The lowest BCUT2D eigenvalue weighted by Gasteiger charge is -2.37. The monoisotopic (exact) mass is 537 g/mol. The molecule has 0 saturated carbocycles. The van der Waals surface area contributed by atoms with Crippen molar-refractivity contribution in [2.75, 3.05) is 49.6 Å². The largest absolute Gasteiger partial charge is 0.492 e. The van der Waals surface area contributed by atoms with Crippen LogP contribution in [0.4, 0.5) is 11.4 Å². The van der Waals surface area contributed by atoms with Gasteiger partial charge < -0.3 is 19.4 Å². The molecule has 6 heteroatoms. The number of nitrogens with zero attached hydrogens (tertiary/aromatic N) is 3.